The Kier molecular flexibility index (Phi) is 3.38. The Bertz CT molecular complexity index is 287. The summed E-state index contributed by atoms with van der Waals surface area (Å²) in [5.41, 5.74) is 0.711. The van der Waals surface area contributed by atoms with Crippen LogP contribution in [0, 0.1) is 13.8 Å². The van der Waals surface area contributed by atoms with Gasteiger partial charge in [-0.2, -0.15) is 0 Å². The smallest absolute Gasteiger partial charge is 0.118 e. The average Bonchev–Trinajstić information content (AvgIpc) is 2.42. The standard InChI is InChI=1S/C8H13NO3S/c1-4-8(13-5(2)9-4)7(12)6(11)3-10/h6-7,10-12H,3H2,1-2H3. The van der Waals surface area contributed by atoms with Gasteiger partial charge in [-0.1, -0.05) is 0 Å². The first-order valence-corrected chi connectivity index (χ1v) is 4.78. The molecule has 0 aliphatic heterocycles. The van der Waals surface area contributed by atoms with Crippen molar-refractivity contribution in [2.45, 2.75) is 26.1 Å². The van der Waals surface area contributed by atoms with Crippen molar-refractivity contribution in [1.29, 1.82) is 0 Å². The van der Waals surface area contributed by atoms with Crippen molar-refractivity contribution in [3.8, 4) is 0 Å². The summed E-state index contributed by atoms with van der Waals surface area (Å²) in [6, 6.07) is 0. The highest BCUT2D eigenvalue weighted by molar-refractivity contribution is 7.11. The van der Waals surface area contributed by atoms with Crippen LogP contribution in [0.1, 0.15) is 21.7 Å². The van der Waals surface area contributed by atoms with Crippen LogP contribution < -0.4 is 0 Å². The van der Waals surface area contributed by atoms with E-state index in [1.54, 1.807) is 6.92 Å². The Morgan fingerprint density at radius 2 is 2.00 bits per heavy atom. The van der Waals surface area contributed by atoms with E-state index in [1.807, 2.05) is 6.92 Å². The van der Waals surface area contributed by atoms with Gasteiger partial charge >= 0.3 is 0 Å². The van der Waals surface area contributed by atoms with Gasteiger partial charge in [-0.3, -0.25) is 0 Å². The zero-order chi connectivity index (χ0) is 10.0. The topological polar surface area (TPSA) is 73.6 Å². The van der Waals surface area contributed by atoms with Crippen molar-refractivity contribution < 1.29 is 15.3 Å². The molecule has 1 aromatic rings. The summed E-state index contributed by atoms with van der Waals surface area (Å²) in [5.74, 6) is 0. The Hall–Kier alpha value is -0.490. The lowest BCUT2D eigenvalue weighted by atomic mass is 10.1. The third-order valence-electron chi connectivity index (χ3n) is 1.76. The van der Waals surface area contributed by atoms with Crippen LogP contribution in [0.4, 0.5) is 0 Å². The number of hydrogen-bond donors (Lipinski definition) is 3. The average molecular weight is 203 g/mol. The molecule has 4 nitrogen and oxygen atoms in total. The fourth-order valence-corrected chi connectivity index (χ4v) is 2.07. The number of aliphatic hydroxyl groups is 3. The number of nitrogens with zero attached hydrogens (tertiary/aromatic N) is 1. The van der Waals surface area contributed by atoms with Crippen molar-refractivity contribution in [2.24, 2.45) is 0 Å². The molecule has 0 saturated carbocycles. The zero-order valence-corrected chi connectivity index (χ0v) is 8.38. The highest BCUT2D eigenvalue weighted by Crippen LogP contribution is 2.26. The molecule has 0 bridgehead atoms. The van der Waals surface area contributed by atoms with E-state index in [4.69, 9.17) is 5.11 Å². The van der Waals surface area contributed by atoms with Gasteiger partial charge in [0.05, 0.1) is 22.2 Å². The first kappa shape index (κ1) is 10.6. The van der Waals surface area contributed by atoms with E-state index in [2.05, 4.69) is 4.98 Å². The van der Waals surface area contributed by atoms with Gasteiger partial charge < -0.3 is 15.3 Å². The summed E-state index contributed by atoms with van der Waals surface area (Å²) in [7, 11) is 0. The summed E-state index contributed by atoms with van der Waals surface area (Å²) in [4.78, 5) is 4.74. The van der Waals surface area contributed by atoms with Gasteiger partial charge in [-0.15, -0.1) is 11.3 Å². The molecule has 0 aliphatic carbocycles. The summed E-state index contributed by atoms with van der Waals surface area (Å²) in [6.07, 6.45) is -2.16. The summed E-state index contributed by atoms with van der Waals surface area (Å²) >= 11 is 1.33. The Balaban J connectivity index is 2.87. The molecule has 0 aromatic carbocycles. The molecule has 1 rings (SSSR count). The van der Waals surface area contributed by atoms with E-state index >= 15 is 0 Å². The molecule has 0 aliphatic rings. The minimum Gasteiger partial charge on any atom is -0.394 e. The molecule has 1 heterocycles. The van der Waals surface area contributed by atoms with Crippen LogP contribution in [0.15, 0.2) is 0 Å². The lowest BCUT2D eigenvalue weighted by Gasteiger charge is -2.13. The lowest BCUT2D eigenvalue weighted by Crippen LogP contribution is -2.21. The van der Waals surface area contributed by atoms with Gasteiger partial charge in [0.25, 0.3) is 0 Å². The van der Waals surface area contributed by atoms with Crippen molar-refractivity contribution in [3.05, 3.63) is 15.6 Å². The molecule has 0 saturated heterocycles. The van der Waals surface area contributed by atoms with Crippen molar-refractivity contribution in [1.82, 2.24) is 4.98 Å². The first-order chi connectivity index (χ1) is 6.06. The molecule has 0 fully saturated rings. The number of aryl methyl sites for hydroxylation is 2. The fourth-order valence-electron chi connectivity index (χ4n) is 1.10. The highest BCUT2D eigenvalue weighted by atomic mass is 32.1. The van der Waals surface area contributed by atoms with Gasteiger partial charge in [-0.05, 0) is 13.8 Å². The minimum absolute atomic E-state index is 0.447. The maximum Gasteiger partial charge on any atom is 0.118 e. The molecule has 0 amide bonds. The number of aliphatic hydroxyl groups excluding tert-OH is 3. The number of hydrogen-bond acceptors (Lipinski definition) is 5. The van der Waals surface area contributed by atoms with Crippen LogP contribution in [-0.4, -0.2) is 33.0 Å². The van der Waals surface area contributed by atoms with Gasteiger partial charge in [0.2, 0.25) is 0 Å². The molecule has 0 spiro atoms. The summed E-state index contributed by atoms with van der Waals surface area (Å²) < 4.78 is 0. The molecule has 0 radical (unpaired) electrons. The molecule has 5 heteroatoms. The van der Waals surface area contributed by atoms with Crippen LogP contribution in [0.5, 0.6) is 0 Å². The molecule has 1 aromatic heterocycles. The predicted molar refractivity (Wildman–Crippen MR) is 49.6 cm³/mol. The van der Waals surface area contributed by atoms with Gasteiger partial charge in [-0.25, -0.2) is 4.98 Å². The highest BCUT2D eigenvalue weighted by Gasteiger charge is 2.21. The monoisotopic (exact) mass is 203 g/mol. The first-order valence-electron chi connectivity index (χ1n) is 3.97. The van der Waals surface area contributed by atoms with Gasteiger partial charge in [0, 0.05) is 0 Å². The molecule has 3 N–H and O–H groups in total. The van der Waals surface area contributed by atoms with E-state index in [0.29, 0.717) is 10.6 Å². The van der Waals surface area contributed by atoms with Crippen LogP contribution >= 0.6 is 11.3 Å². The normalized spacial score (nSPS) is 15.8. The summed E-state index contributed by atoms with van der Waals surface area (Å²) in [5, 5.41) is 28.2. The largest absolute Gasteiger partial charge is 0.394 e. The number of aromatic nitrogens is 1. The van der Waals surface area contributed by atoms with Crippen LogP contribution in [0.25, 0.3) is 0 Å². The van der Waals surface area contributed by atoms with Crippen LogP contribution in [-0.2, 0) is 0 Å². The summed E-state index contributed by atoms with van der Waals surface area (Å²) in [6.45, 7) is 3.16. The fraction of sp³-hybridized carbons (Fsp3) is 0.625. The molecular weight excluding hydrogens is 190 g/mol. The maximum atomic E-state index is 9.54. The molecule has 2 atom stereocenters. The van der Waals surface area contributed by atoms with Crippen molar-refractivity contribution >= 4 is 11.3 Å². The van der Waals surface area contributed by atoms with Crippen LogP contribution in [0.2, 0.25) is 0 Å². The van der Waals surface area contributed by atoms with Gasteiger partial charge in [0.1, 0.15) is 12.2 Å². The second kappa shape index (κ2) is 4.15. The lowest BCUT2D eigenvalue weighted by molar-refractivity contribution is -0.0138. The van der Waals surface area contributed by atoms with E-state index in [-0.39, 0.29) is 0 Å². The Morgan fingerprint density at radius 3 is 2.38 bits per heavy atom. The Morgan fingerprint density at radius 1 is 1.38 bits per heavy atom. The predicted octanol–water partition coefficient (Wildman–Crippen LogP) is 0.147. The van der Waals surface area contributed by atoms with Crippen molar-refractivity contribution in [3.63, 3.8) is 0 Å². The van der Waals surface area contributed by atoms with E-state index in [1.165, 1.54) is 11.3 Å². The number of rotatable bonds is 3. The van der Waals surface area contributed by atoms with Crippen molar-refractivity contribution in [2.75, 3.05) is 6.61 Å². The van der Waals surface area contributed by atoms with Crippen LogP contribution in [0.3, 0.4) is 0 Å². The quantitative estimate of drug-likeness (QED) is 0.653. The molecule has 74 valence electrons. The van der Waals surface area contributed by atoms with E-state index < -0.39 is 18.8 Å². The molecule has 13 heavy (non-hydrogen) atoms. The van der Waals surface area contributed by atoms with E-state index in [0.717, 1.165) is 5.01 Å². The molecule has 2 unspecified atom stereocenters. The third kappa shape index (κ3) is 2.25. The maximum absolute atomic E-state index is 9.54. The third-order valence-corrected chi connectivity index (χ3v) is 2.90. The van der Waals surface area contributed by atoms with E-state index in [9.17, 15) is 10.2 Å². The molecular formula is C8H13NO3S. The minimum atomic E-state index is -1.13. The van der Waals surface area contributed by atoms with Gasteiger partial charge in [0.15, 0.2) is 0 Å². The Labute approximate surface area is 80.5 Å². The SMILES string of the molecule is Cc1nc(C)c(C(O)C(O)CO)s1. The number of thiazole rings is 1. The second-order valence-electron chi connectivity index (χ2n) is 2.88. The second-order valence-corrected chi connectivity index (χ2v) is 4.11. The zero-order valence-electron chi connectivity index (χ0n) is 7.56.